The second kappa shape index (κ2) is 8.27. The van der Waals surface area contributed by atoms with E-state index in [1.807, 2.05) is 19.1 Å². The van der Waals surface area contributed by atoms with E-state index in [0.717, 1.165) is 28.0 Å². The zero-order valence-electron chi connectivity index (χ0n) is 19.1. The number of allylic oxidation sites excluding steroid dienone is 2. The van der Waals surface area contributed by atoms with E-state index in [1.54, 1.807) is 26.0 Å². The maximum Gasteiger partial charge on any atom is 0.226 e. The van der Waals surface area contributed by atoms with Gasteiger partial charge in [-0.3, -0.25) is 4.79 Å². The van der Waals surface area contributed by atoms with Gasteiger partial charge in [-0.1, -0.05) is 29.8 Å². The Bertz CT molecular complexity index is 1220. The molecule has 0 saturated carbocycles. The normalized spacial score (nSPS) is 19.5. The number of hydrogen-bond donors (Lipinski definition) is 1. The molecule has 0 amide bonds. The summed E-state index contributed by atoms with van der Waals surface area (Å²) in [6.45, 7) is 2.05. The van der Waals surface area contributed by atoms with E-state index >= 15 is 0 Å². The molecule has 2 aromatic carbocycles. The van der Waals surface area contributed by atoms with Crippen LogP contribution < -0.4 is 19.5 Å². The number of fused-ring (bicyclic) bond motifs is 1. The average molecular weight is 447 g/mol. The van der Waals surface area contributed by atoms with E-state index in [0.29, 0.717) is 36.0 Å². The Morgan fingerprint density at radius 1 is 0.970 bits per heavy atom. The third-order valence-electron chi connectivity index (χ3n) is 6.41. The van der Waals surface area contributed by atoms with E-state index < -0.39 is 0 Å². The van der Waals surface area contributed by atoms with Crippen LogP contribution in [-0.2, 0) is 4.79 Å². The SMILES string of the molecule is COc1cc([C@@H]2CC(=O)C3=C(C2)Nc2ncnn2[C@H]3c2ccc(C)cc2)cc(OC)c1OC. The van der Waals surface area contributed by atoms with Crippen LogP contribution in [-0.4, -0.2) is 41.9 Å². The van der Waals surface area contributed by atoms with Gasteiger partial charge in [0.2, 0.25) is 11.7 Å². The van der Waals surface area contributed by atoms with Gasteiger partial charge < -0.3 is 19.5 Å². The summed E-state index contributed by atoms with van der Waals surface area (Å²) in [6.07, 6.45) is 2.56. The highest BCUT2D eigenvalue weighted by Crippen LogP contribution is 2.47. The van der Waals surface area contributed by atoms with Crippen LogP contribution >= 0.6 is 0 Å². The van der Waals surface area contributed by atoms with E-state index in [4.69, 9.17) is 14.2 Å². The lowest BCUT2D eigenvalue weighted by atomic mass is 9.77. The maximum atomic E-state index is 13.6. The van der Waals surface area contributed by atoms with Crippen molar-refractivity contribution in [3.8, 4) is 17.2 Å². The molecule has 1 aromatic heterocycles. The second-order valence-corrected chi connectivity index (χ2v) is 8.35. The van der Waals surface area contributed by atoms with Crippen molar-refractivity contribution in [1.82, 2.24) is 14.8 Å². The molecule has 1 aliphatic heterocycles. The van der Waals surface area contributed by atoms with Crippen molar-refractivity contribution in [2.75, 3.05) is 26.6 Å². The van der Waals surface area contributed by atoms with Crippen molar-refractivity contribution in [1.29, 1.82) is 0 Å². The molecule has 3 aromatic rings. The van der Waals surface area contributed by atoms with Crippen LogP contribution in [0.1, 0.15) is 41.5 Å². The highest BCUT2D eigenvalue weighted by atomic mass is 16.5. The van der Waals surface area contributed by atoms with Crippen LogP contribution in [0, 0.1) is 6.92 Å². The van der Waals surface area contributed by atoms with Gasteiger partial charge in [-0.05, 0) is 42.5 Å². The Labute approximate surface area is 192 Å². The Balaban J connectivity index is 1.57. The van der Waals surface area contributed by atoms with Crippen molar-refractivity contribution in [3.63, 3.8) is 0 Å². The number of rotatable bonds is 5. The molecule has 2 atom stereocenters. The molecular formula is C25H26N4O4. The van der Waals surface area contributed by atoms with E-state index in [2.05, 4.69) is 39.7 Å². The predicted octanol–water partition coefficient (Wildman–Crippen LogP) is 4.03. The Morgan fingerprint density at radius 2 is 1.67 bits per heavy atom. The minimum atomic E-state index is -0.298. The Kier molecular flexibility index (Phi) is 5.28. The Hall–Kier alpha value is -3.81. The molecule has 5 rings (SSSR count). The molecule has 2 heterocycles. The van der Waals surface area contributed by atoms with Crippen molar-refractivity contribution in [2.24, 2.45) is 0 Å². The molecule has 1 N–H and O–H groups in total. The van der Waals surface area contributed by atoms with Crippen LogP contribution in [0.4, 0.5) is 5.95 Å². The second-order valence-electron chi connectivity index (χ2n) is 8.35. The van der Waals surface area contributed by atoms with Gasteiger partial charge in [-0.15, -0.1) is 0 Å². The lowest BCUT2D eigenvalue weighted by Gasteiger charge is -2.35. The number of ether oxygens (including phenoxy) is 3. The highest BCUT2D eigenvalue weighted by molar-refractivity contribution is 6.00. The number of aryl methyl sites for hydroxylation is 1. The molecule has 0 spiro atoms. The zero-order valence-corrected chi connectivity index (χ0v) is 19.1. The summed E-state index contributed by atoms with van der Waals surface area (Å²) >= 11 is 0. The number of nitrogens with zero attached hydrogens (tertiary/aromatic N) is 3. The van der Waals surface area contributed by atoms with Gasteiger partial charge in [0.15, 0.2) is 17.3 Å². The number of hydrogen-bond acceptors (Lipinski definition) is 7. The highest BCUT2D eigenvalue weighted by Gasteiger charge is 2.39. The summed E-state index contributed by atoms with van der Waals surface area (Å²) < 4.78 is 18.3. The first-order chi connectivity index (χ1) is 16.0. The fraction of sp³-hybridized carbons (Fsp3) is 0.320. The number of Topliss-reactive ketones (excluding diaryl/α,β-unsaturated/α-hetero) is 1. The first-order valence-electron chi connectivity index (χ1n) is 10.8. The third-order valence-corrected chi connectivity index (χ3v) is 6.41. The number of carbonyl (C=O) groups excluding carboxylic acids is 1. The fourth-order valence-electron chi connectivity index (χ4n) is 4.78. The predicted molar refractivity (Wildman–Crippen MR) is 123 cm³/mol. The Morgan fingerprint density at radius 3 is 2.30 bits per heavy atom. The first kappa shape index (κ1) is 21.1. The summed E-state index contributed by atoms with van der Waals surface area (Å²) in [7, 11) is 4.76. The molecule has 0 fully saturated rings. The summed E-state index contributed by atoms with van der Waals surface area (Å²) in [5, 5.41) is 7.77. The van der Waals surface area contributed by atoms with Crippen LogP contribution in [0.15, 0.2) is 54.0 Å². The molecule has 33 heavy (non-hydrogen) atoms. The first-order valence-corrected chi connectivity index (χ1v) is 10.8. The topological polar surface area (TPSA) is 87.5 Å². The molecule has 8 heteroatoms. The van der Waals surface area contributed by atoms with Crippen LogP contribution in [0.25, 0.3) is 0 Å². The van der Waals surface area contributed by atoms with Gasteiger partial charge in [-0.2, -0.15) is 10.1 Å². The van der Waals surface area contributed by atoms with Crippen molar-refractivity contribution in [3.05, 3.63) is 70.7 Å². The monoisotopic (exact) mass is 446 g/mol. The molecule has 2 aliphatic rings. The van der Waals surface area contributed by atoms with Gasteiger partial charge in [0.1, 0.15) is 12.4 Å². The maximum absolute atomic E-state index is 13.6. The molecule has 0 bridgehead atoms. The average Bonchev–Trinajstić information content (AvgIpc) is 3.30. The number of benzene rings is 2. The molecule has 8 nitrogen and oxygen atoms in total. The third kappa shape index (κ3) is 3.51. The molecular weight excluding hydrogens is 420 g/mol. The minimum absolute atomic E-state index is 0.0365. The van der Waals surface area contributed by atoms with Crippen LogP contribution in [0.2, 0.25) is 0 Å². The van der Waals surface area contributed by atoms with Crippen LogP contribution in [0.5, 0.6) is 17.2 Å². The van der Waals surface area contributed by atoms with E-state index in [1.165, 1.54) is 6.33 Å². The summed E-state index contributed by atoms with van der Waals surface area (Å²) in [5.41, 5.74) is 4.78. The smallest absolute Gasteiger partial charge is 0.226 e. The van der Waals surface area contributed by atoms with Crippen LogP contribution in [0.3, 0.4) is 0 Å². The van der Waals surface area contributed by atoms with Gasteiger partial charge in [-0.25, -0.2) is 4.68 Å². The number of anilines is 1. The van der Waals surface area contributed by atoms with Crippen molar-refractivity contribution in [2.45, 2.75) is 31.7 Å². The van der Waals surface area contributed by atoms with E-state index in [-0.39, 0.29) is 17.7 Å². The summed E-state index contributed by atoms with van der Waals surface area (Å²) in [5.74, 6) is 2.38. The fourth-order valence-corrected chi connectivity index (χ4v) is 4.78. The van der Waals surface area contributed by atoms with Gasteiger partial charge >= 0.3 is 0 Å². The van der Waals surface area contributed by atoms with Crippen molar-refractivity contribution >= 4 is 11.7 Å². The van der Waals surface area contributed by atoms with Crippen molar-refractivity contribution < 1.29 is 19.0 Å². The lowest BCUT2D eigenvalue weighted by Crippen LogP contribution is -2.33. The van der Waals surface area contributed by atoms with E-state index in [9.17, 15) is 4.79 Å². The largest absolute Gasteiger partial charge is 0.493 e. The quantitative estimate of drug-likeness (QED) is 0.633. The number of methoxy groups -OCH3 is 3. The molecule has 0 radical (unpaired) electrons. The number of carbonyl (C=O) groups is 1. The molecule has 170 valence electrons. The van der Waals surface area contributed by atoms with Gasteiger partial charge in [0, 0.05) is 17.7 Å². The number of nitrogens with one attached hydrogen (secondary N) is 1. The summed E-state index contributed by atoms with van der Waals surface area (Å²) in [6, 6.07) is 11.8. The van der Waals surface area contributed by atoms with Gasteiger partial charge in [0.25, 0.3) is 0 Å². The molecule has 0 saturated heterocycles. The number of aromatic nitrogens is 3. The zero-order chi connectivity index (χ0) is 23.1. The number of ketones is 1. The molecule has 0 unspecified atom stereocenters. The lowest BCUT2D eigenvalue weighted by molar-refractivity contribution is -0.116. The van der Waals surface area contributed by atoms with Gasteiger partial charge in [0.05, 0.1) is 21.3 Å². The standard InChI is InChI=1S/C25H26N4O4/c1-14-5-7-15(8-6-14)23-22-18(28-25-26-13-27-29(23)25)9-16(10-19(22)30)17-11-20(31-2)24(33-4)21(12-17)32-3/h5-8,11-13,16,23H,9-10H2,1-4H3,(H,26,27,28)/t16-,23-/m0/s1. The summed E-state index contributed by atoms with van der Waals surface area (Å²) in [4.78, 5) is 18.0. The minimum Gasteiger partial charge on any atom is -0.493 e. The molecule has 1 aliphatic carbocycles.